The van der Waals surface area contributed by atoms with Crippen molar-refractivity contribution in [2.75, 3.05) is 11.9 Å². The second-order valence-corrected chi connectivity index (χ2v) is 5.15. The third-order valence-corrected chi connectivity index (χ3v) is 3.45. The molecule has 0 aromatic carbocycles. The molecule has 2 aromatic heterocycles. The number of aromatic nitrogens is 1. The van der Waals surface area contributed by atoms with Crippen molar-refractivity contribution in [3.8, 4) is 0 Å². The average Bonchev–Trinajstić information content (AvgIpc) is 2.96. The number of nitrogens with zero attached hydrogens (tertiary/aromatic N) is 1. The number of pyridine rings is 1. The summed E-state index contributed by atoms with van der Waals surface area (Å²) in [5.41, 5.74) is 1.38. The van der Waals surface area contributed by atoms with Crippen LogP contribution in [0.1, 0.15) is 28.7 Å². The number of hydrogen-bond donors (Lipinski definition) is 2. The van der Waals surface area contributed by atoms with Crippen molar-refractivity contribution in [3.63, 3.8) is 0 Å². The maximum absolute atomic E-state index is 11.9. The summed E-state index contributed by atoms with van der Waals surface area (Å²) in [6.45, 7) is 3.56. The van der Waals surface area contributed by atoms with Crippen LogP contribution in [0.15, 0.2) is 35.8 Å². The van der Waals surface area contributed by atoms with Crippen LogP contribution in [0.25, 0.3) is 0 Å². The largest absolute Gasteiger partial charge is 0.384 e. The molecular weight excluding hydrogens is 258 g/mol. The van der Waals surface area contributed by atoms with Gasteiger partial charge in [-0.2, -0.15) is 0 Å². The lowest BCUT2D eigenvalue weighted by Crippen LogP contribution is -2.23. The second kappa shape index (κ2) is 6.89. The topological polar surface area (TPSA) is 54.0 Å². The fraction of sp³-hybridized carbons (Fsp3) is 0.286. The standard InChI is InChI=1S/C14H17N3OS/c1-2-7-15-11-5-6-13(16-9-11)14(18)17-10-12-4-3-8-19-12/h3-6,8-9,15H,2,7,10H2,1H3,(H,17,18). The Morgan fingerprint density at radius 2 is 2.26 bits per heavy atom. The van der Waals surface area contributed by atoms with Gasteiger partial charge in [-0.05, 0) is 30.0 Å². The molecule has 0 bridgehead atoms. The Kier molecular flexibility index (Phi) is 4.92. The number of rotatable bonds is 6. The summed E-state index contributed by atoms with van der Waals surface area (Å²) in [6.07, 6.45) is 2.75. The fourth-order valence-electron chi connectivity index (χ4n) is 1.57. The van der Waals surface area contributed by atoms with Gasteiger partial charge < -0.3 is 10.6 Å². The van der Waals surface area contributed by atoms with Gasteiger partial charge in [0, 0.05) is 11.4 Å². The van der Waals surface area contributed by atoms with Gasteiger partial charge in [0.05, 0.1) is 18.4 Å². The lowest BCUT2D eigenvalue weighted by Gasteiger charge is -2.06. The highest BCUT2D eigenvalue weighted by Gasteiger charge is 2.06. The monoisotopic (exact) mass is 275 g/mol. The molecule has 2 N–H and O–H groups in total. The lowest BCUT2D eigenvalue weighted by atomic mass is 10.3. The van der Waals surface area contributed by atoms with Crippen molar-refractivity contribution >= 4 is 22.9 Å². The van der Waals surface area contributed by atoms with E-state index < -0.39 is 0 Å². The van der Waals surface area contributed by atoms with E-state index in [1.54, 1.807) is 23.6 Å². The Labute approximate surface area is 116 Å². The van der Waals surface area contributed by atoms with Crippen LogP contribution in [0, 0.1) is 0 Å². The number of anilines is 1. The number of nitrogens with one attached hydrogen (secondary N) is 2. The molecule has 0 fully saturated rings. The average molecular weight is 275 g/mol. The molecule has 0 saturated carbocycles. The minimum Gasteiger partial charge on any atom is -0.384 e. The van der Waals surface area contributed by atoms with Crippen LogP contribution in [0.4, 0.5) is 5.69 Å². The SMILES string of the molecule is CCCNc1ccc(C(=O)NCc2cccs2)nc1. The van der Waals surface area contributed by atoms with E-state index in [2.05, 4.69) is 22.5 Å². The molecule has 0 spiro atoms. The molecule has 2 heterocycles. The van der Waals surface area contributed by atoms with Crippen molar-refractivity contribution in [1.29, 1.82) is 0 Å². The summed E-state index contributed by atoms with van der Waals surface area (Å²) < 4.78 is 0. The third kappa shape index (κ3) is 4.06. The Morgan fingerprint density at radius 3 is 2.89 bits per heavy atom. The van der Waals surface area contributed by atoms with Gasteiger partial charge in [0.2, 0.25) is 0 Å². The van der Waals surface area contributed by atoms with Gasteiger partial charge in [-0.25, -0.2) is 4.98 Å². The van der Waals surface area contributed by atoms with Gasteiger partial charge in [0.1, 0.15) is 5.69 Å². The molecule has 2 rings (SSSR count). The minimum absolute atomic E-state index is 0.143. The van der Waals surface area contributed by atoms with Gasteiger partial charge in [-0.1, -0.05) is 13.0 Å². The number of hydrogen-bond acceptors (Lipinski definition) is 4. The summed E-state index contributed by atoms with van der Waals surface area (Å²) in [6, 6.07) is 7.58. The highest BCUT2D eigenvalue weighted by Crippen LogP contribution is 2.09. The van der Waals surface area contributed by atoms with Crippen molar-refractivity contribution in [2.45, 2.75) is 19.9 Å². The predicted octanol–water partition coefficient (Wildman–Crippen LogP) is 2.90. The quantitative estimate of drug-likeness (QED) is 0.852. The van der Waals surface area contributed by atoms with E-state index in [0.29, 0.717) is 12.2 Å². The Hall–Kier alpha value is -1.88. The summed E-state index contributed by atoms with van der Waals surface area (Å²) in [7, 11) is 0. The highest BCUT2D eigenvalue weighted by atomic mass is 32.1. The second-order valence-electron chi connectivity index (χ2n) is 4.12. The molecule has 0 aliphatic heterocycles. The zero-order valence-electron chi connectivity index (χ0n) is 10.8. The summed E-state index contributed by atoms with van der Waals surface area (Å²) in [4.78, 5) is 17.2. The summed E-state index contributed by atoms with van der Waals surface area (Å²) >= 11 is 1.63. The van der Waals surface area contributed by atoms with E-state index >= 15 is 0 Å². The van der Waals surface area contributed by atoms with Crippen LogP contribution >= 0.6 is 11.3 Å². The molecule has 2 aromatic rings. The van der Waals surface area contributed by atoms with E-state index in [4.69, 9.17) is 0 Å². The maximum atomic E-state index is 11.9. The molecule has 0 unspecified atom stereocenters. The van der Waals surface area contributed by atoms with Gasteiger partial charge in [-0.15, -0.1) is 11.3 Å². The zero-order valence-corrected chi connectivity index (χ0v) is 11.7. The van der Waals surface area contributed by atoms with Crippen LogP contribution in [0.2, 0.25) is 0 Å². The zero-order chi connectivity index (χ0) is 13.5. The molecule has 0 aliphatic rings. The van der Waals surface area contributed by atoms with Gasteiger partial charge in [0.25, 0.3) is 5.91 Å². The lowest BCUT2D eigenvalue weighted by molar-refractivity contribution is 0.0946. The van der Waals surface area contributed by atoms with E-state index in [0.717, 1.165) is 23.5 Å². The summed E-state index contributed by atoms with van der Waals surface area (Å²) in [5, 5.41) is 8.07. The first-order valence-electron chi connectivity index (χ1n) is 6.30. The number of thiophene rings is 1. The Balaban J connectivity index is 1.88. The predicted molar refractivity (Wildman–Crippen MR) is 78.5 cm³/mol. The first-order valence-corrected chi connectivity index (χ1v) is 7.18. The molecule has 1 amide bonds. The van der Waals surface area contributed by atoms with Gasteiger partial charge in [0.15, 0.2) is 0 Å². The number of carbonyl (C=O) groups is 1. The molecule has 4 nitrogen and oxygen atoms in total. The normalized spacial score (nSPS) is 10.2. The van der Waals surface area contributed by atoms with Crippen LogP contribution in [-0.2, 0) is 6.54 Å². The molecule has 0 aliphatic carbocycles. The van der Waals surface area contributed by atoms with Crippen LogP contribution in [0.3, 0.4) is 0 Å². The van der Waals surface area contributed by atoms with E-state index in [-0.39, 0.29) is 5.91 Å². The fourth-order valence-corrected chi connectivity index (χ4v) is 2.22. The van der Waals surface area contributed by atoms with Crippen molar-refractivity contribution in [3.05, 3.63) is 46.4 Å². The summed E-state index contributed by atoms with van der Waals surface area (Å²) in [5.74, 6) is -0.143. The van der Waals surface area contributed by atoms with Crippen molar-refractivity contribution < 1.29 is 4.79 Å². The van der Waals surface area contributed by atoms with E-state index in [1.165, 1.54) is 0 Å². The smallest absolute Gasteiger partial charge is 0.270 e. The molecule has 19 heavy (non-hydrogen) atoms. The van der Waals surface area contributed by atoms with Gasteiger partial charge >= 0.3 is 0 Å². The first kappa shape index (κ1) is 13.5. The van der Waals surface area contributed by atoms with E-state index in [9.17, 15) is 4.79 Å². The van der Waals surface area contributed by atoms with Crippen molar-refractivity contribution in [2.24, 2.45) is 0 Å². The maximum Gasteiger partial charge on any atom is 0.270 e. The highest BCUT2D eigenvalue weighted by molar-refractivity contribution is 7.09. The Bertz CT molecular complexity index is 508. The van der Waals surface area contributed by atoms with E-state index in [1.807, 2.05) is 23.6 Å². The molecule has 0 saturated heterocycles. The number of amides is 1. The molecule has 100 valence electrons. The molecular formula is C14H17N3OS. The van der Waals surface area contributed by atoms with Crippen LogP contribution < -0.4 is 10.6 Å². The number of carbonyl (C=O) groups excluding carboxylic acids is 1. The molecule has 0 atom stereocenters. The van der Waals surface area contributed by atoms with Gasteiger partial charge in [-0.3, -0.25) is 4.79 Å². The first-order chi connectivity index (χ1) is 9.29. The van der Waals surface area contributed by atoms with Crippen LogP contribution in [-0.4, -0.2) is 17.4 Å². The Morgan fingerprint density at radius 1 is 1.37 bits per heavy atom. The third-order valence-electron chi connectivity index (χ3n) is 2.58. The molecule has 0 radical (unpaired) electrons. The van der Waals surface area contributed by atoms with Crippen molar-refractivity contribution in [1.82, 2.24) is 10.3 Å². The minimum atomic E-state index is -0.143. The van der Waals surface area contributed by atoms with Crippen LogP contribution in [0.5, 0.6) is 0 Å². The molecule has 5 heteroatoms.